The largest absolute Gasteiger partial charge is 0.497 e. The van der Waals surface area contributed by atoms with Gasteiger partial charge in [-0.25, -0.2) is 0 Å². The number of unbranched alkanes of at least 4 members (excludes halogenated alkanes) is 1. The zero-order valence-corrected chi connectivity index (χ0v) is 15.5. The van der Waals surface area contributed by atoms with Gasteiger partial charge in [0.15, 0.2) is 0 Å². The highest BCUT2D eigenvalue weighted by Gasteiger charge is 2.07. The van der Waals surface area contributed by atoms with Gasteiger partial charge in [0.2, 0.25) is 5.91 Å². The van der Waals surface area contributed by atoms with Gasteiger partial charge < -0.3 is 19.5 Å². The highest BCUT2D eigenvalue weighted by atomic mass is 16.5. The van der Waals surface area contributed by atoms with Gasteiger partial charge >= 0.3 is 0 Å². The van der Waals surface area contributed by atoms with E-state index in [4.69, 9.17) is 14.2 Å². The summed E-state index contributed by atoms with van der Waals surface area (Å²) in [6, 6.07) is 12.9. The van der Waals surface area contributed by atoms with Gasteiger partial charge in [0.1, 0.15) is 17.2 Å². The fourth-order valence-electron chi connectivity index (χ4n) is 2.26. The first-order valence-electron chi connectivity index (χ1n) is 8.60. The van der Waals surface area contributed by atoms with Crippen molar-refractivity contribution in [2.24, 2.45) is 0 Å². The molecular weight excluding hydrogens is 330 g/mol. The van der Waals surface area contributed by atoms with Crippen molar-refractivity contribution in [2.75, 3.05) is 26.1 Å². The molecule has 0 aliphatic rings. The van der Waals surface area contributed by atoms with E-state index < -0.39 is 0 Å². The van der Waals surface area contributed by atoms with E-state index in [1.807, 2.05) is 24.3 Å². The predicted molar refractivity (Wildman–Crippen MR) is 104 cm³/mol. The van der Waals surface area contributed by atoms with Crippen LogP contribution in [0.3, 0.4) is 0 Å². The van der Waals surface area contributed by atoms with Gasteiger partial charge in [0, 0.05) is 12.1 Å². The van der Waals surface area contributed by atoms with Crippen LogP contribution in [0.15, 0.2) is 48.5 Å². The monoisotopic (exact) mass is 355 g/mol. The van der Waals surface area contributed by atoms with Crippen molar-refractivity contribution in [1.82, 2.24) is 0 Å². The minimum atomic E-state index is -0.239. The number of nitrogens with one attached hydrogen (secondary N) is 1. The second-order valence-corrected chi connectivity index (χ2v) is 5.66. The molecule has 5 heteroatoms. The van der Waals surface area contributed by atoms with Crippen LogP contribution in [0.1, 0.15) is 25.3 Å². The Hall–Kier alpha value is -2.95. The molecule has 0 saturated carbocycles. The summed E-state index contributed by atoms with van der Waals surface area (Å²) < 4.78 is 16.0. The van der Waals surface area contributed by atoms with Crippen molar-refractivity contribution < 1.29 is 19.0 Å². The number of carbonyl (C=O) groups is 1. The van der Waals surface area contributed by atoms with Gasteiger partial charge in [-0.15, -0.1) is 0 Å². The number of methoxy groups -OCH3 is 2. The number of hydrogen-bond acceptors (Lipinski definition) is 4. The Bertz CT molecular complexity index is 738. The maximum atomic E-state index is 12.1. The summed E-state index contributed by atoms with van der Waals surface area (Å²) in [5.74, 6) is 1.80. The highest BCUT2D eigenvalue weighted by molar-refractivity contribution is 6.02. The lowest BCUT2D eigenvalue weighted by molar-refractivity contribution is -0.111. The molecule has 1 N–H and O–H groups in total. The zero-order chi connectivity index (χ0) is 18.8. The molecule has 26 heavy (non-hydrogen) atoms. The second-order valence-electron chi connectivity index (χ2n) is 5.66. The molecule has 0 aromatic heterocycles. The molecule has 0 aliphatic carbocycles. The van der Waals surface area contributed by atoms with Crippen LogP contribution in [-0.4, -0.2) is 26.7 Å². The summed E-state index contributed by atoms with van der Waals surface area (Å²) >= 11 is 0. The smallest absolute Gasteiger partial charge is 0.248 e. The van der Waals surface area contributed by atoms with Gasteiger partial charge in [0.25, 0.3) is 0 Å². The highest BCUT2D eigenvalue weighted by Crippen LogP contribution is 2.29. The molecule has 0 aliphatic heterocycles. The summed E-state index contributed by atoms with van der Waals surface area (Å²) in [6.45, 7) is 2.85. The number of amides is 1. The molecule has 0 bridgehead atoms. The first-order valence-corrected chi connectivity index (χ1v) is 8.60. The lowest BCUT2D eigenvalue weighted by atomic mass is 10.2. The van der Waals surface area contributed by atoms with Crippen LogP contribution in [0.2, 0.25) is 0 Å². The van der Waals surface area contributed by atoms with E-state index >= 15 is 0 Å². The van der Waals surface area contributed by atoms with Crippen LogP contribution in [-0.2, 0) is 4.79 Å². The molecule has 2 aromatic rings. The summed E-state index contributed by atoms with van der Waals surface area (Å²) in [4.78, 5) is 12.1. The molecule has 0 fully saturated rings. The van der Waals surface area contributed by atoms with Crippen molar-refractivity contribution in [3.05, 3.63) is 54.1 Å². The average Bonchev–Trinajstić information content (AvgIpc) is 2.68. The Labute approximate surface area is 154 Å². The first-order chi connectivity index (χ1) is 12.7. The van der Waals surface area contributed by atoms with Crippen molar-refractivity contribution in [1.29, 1.82) is 0 Å². The molecule has 5 nitrogen and oxygen atoms in total. The van der Waals surface area contributed by atoms with E-state index in [1.54, 1.807) is 38.5 Å². The number of rotatable bonds is 9. The standard InChI is InChI=1S/C21H25NO4/c1-4-5-14-26-17-9-6-16(7-10-17)8-13-21(23)22-19-12-11-18(24-2)15-20(19)25-3/h6-13,15H,4-5,14H2,1-3H3,(H,22,23). The molecule has 0 heterocycles. The summed E-state index contributed by atoms with van der Waals surface area (Å²) in [7, 11) is 3.13. The third-order valence-corrected chi connectivity index (χ3v) is 3.74. The SMILES string of the molecule is CCCCOc1ccc(C=CC(=O)Nc2ccc(OC)cc2OC)cc1. The summed E-state index contributed by atoms with van der Waals surface area (Å²) in [5, 5.41) is 2.80. The topological polar surface area (TPSA) is 56.8 Å². The minimum Gasteiger partial charge on any atom is -0.497 e. The minimum absolute atomic E-state index is 0.239. The molecule has 0 unspecified atom stereocenters. The normalized spacial score (nSPS) is 10.6. The average molecular weight is 355 g/mol. The first kappa shape index (κ1) is 19.4. The molecular formula is C21H25NO4. The Balaban J connectivity index is 1.95. The predicted octanol–water partition coefficient (Wildman–Crippen LogP) is 4.53. The van der Waals surface area contributed by atoms with E-state index in [0.717, 1.165) is 30.8 Å². The molecule has 2 rings (SSSR count). The number of ether oxygens (including phenoxy) is 3. The number of carbonyl (C=O) groups excluding carboxylic acids is 1. The summed E-state index contributed by atoms with van der Waals surface area (Å²) in [6.07, 6.45) is 5.38. The molecule has 0 radical (unpaired) electrons. The fraction of sp³-hybridized carbons (Fsp3) is 0.286. The number of anilines is 1. The molecule has 0 saturated heterocycles. The van der Waals surface area contributed by atoms with Crippen LogP contribution < -0.4 is 19.5 Å². The van der Waals surface area contributed by atoms with Crippen LogP contribution >= 0.6 is 0 Å². The Morgan fingerprint density at radius 1 is 1.04 bits per heavy atom. The van der Waals surface area contributed by atoms with Crippen LogP contribution in [0.25, 0.3) is 6.08 Å². The van der Waals surface area contributed by atoms with E-state index in [0.29, 0.717) is 17.2 Å². The van der Waals surface area contributed by atoms with Crippen molar-refractivity contribution in [3.63, 3.8) is 0 Å². The van der Waals surface area contributed by atoms with Crippen molar-refractivity contribution in [3.8, 4) is 17.2 Å². The quantitative estimate of drug-likeness (QED) is 0.530. The maximum Gasteiger partial charge on any atom is 0.248 e. The van der Waals surface area contributed by atoms with Gasteiger partial charge in [-0.05, 0) is 42.3 Å². The van der Waals surface area contributed by atoms with Crippen LogP contribution in [0.5, 0.6) is 17.2 Å². The lowest BCUT2D eigenvalue weighted by Gasteiger charge is -2.10. The van der Waals surface area contributed by atoms with Gasteiger partial charge in [0.05, 0.1) is 26.5 Å². The zero-order valence-electron chi connectivity index (χ0n) is 15.5. The van der Waals surface area contributed by atoms with Gasteiger partial charge in [-0.3, -0.25) is 4.79 Å². The second kappa shape index (κ2) is 10.1. The lowest BCUT2D eigenvalue weighted by Crippen LogP contribution is -2.09. The van der Waals surface area contributed by atoms with Crippen LogP contribution in [0, 0.1) is 0 Å². The van der Waals surface area contributed by atoms with E-state index in [2.05, 4.69) is 12.2 Å². The molecule has 1 amide bonds. The molecule has 2 aromatic carbocycles. The van der Waals surface area contributed by atoms with E-state index in [1.165, 1.54) is 6.08 Å². The maximum absolute atomic E-state index is 12.1. The third-order valence-electron chi connectivity index (χ3n) is 3.74. The number of benzene rings is 2. The van der Waals surface area contributed by atoms with Gasteiger partial charge in [-0.1, -0.05) is 25.5 Å². The Kier molecular flexibility index (Phi) is 7.55. The molecule has 0 spiro atoms. The summed E-state index contributed by atoms with van der Waals surface area (Å²) in [5.41, 5.74) is 1.51. The Morgan fingerprint density at radius 2 is 1.77 bits per heavy atom. The van der Waals surface area contributed by atoms with Crippen molar-refractivity contribution in [2.45, 2.75) is 19.8 Å². The van der Waals surface area contributed by atoms with E-state index in [9.17, 15) is 4.79 Å². The number of hydrogen-bond donors (Lipinski definition) is 1. The van der Waals surface area contributed by atoms with Gasteiger partial charge in [-0.2, -0.15) is 0 Å². The molecule has 0 atom stereocenters. The molecule has 138 valence electrons. The van der Waals surface area contributed by atoms with Crippen LogP contribution in [0.4, 0.5) is 5.69 Å². The van der Waals surface area contributed by atoms with E-state index in [-0.39, 0.29) is 5.91 Å². The third kappa shape index (κ3) is 5.84. The Morgan fingerprint density at radius 3 is 2.42 bits per heavy atom. The van der Waals surface area contributed by atoms with Crippen molar-refractivity contribution >= 4 is 17.7 Å². The fourth-order valence-corrected chi connectivity index (χ4v) is 2.26.